The van der Waals surface area contributed by atoms with Gasteiger partial charge in [0.05, 0.1) is 4.92 Å². The maximum absolute atomic E-state index is 11.9. The number of aromatic nitrogens is 2. The molecular formula is C9H12N4O5. The summed E-state index contributed by atoms with van der Waals surface area (Å²) in [7, 11) is 1.24. The van der Waals surface area contributed by atoms with Crippen LogP contribution >= 0.6 is 0 Å². The van der Waals surface area contributed by atoms with Crippen molar-refractivity contribution in [2.45, 2.75) is 19.9 Å². The number of likely N-dealkylation sites (N-methyl/N-ethyl adjacent to an activating group) is 1. The predicted molar refractivity (Wildman–Crippen MR) is 59.2 cm³/mol. The third kappa shape index (κ3) is 2.29. The fraction of sp³-hybridized carbons (Fsp3) is 0.444. The number of nitrogens with zero attached hydrogens (tertiary/aromatic N) is 3. The number of aliphatic carboxylic acids is 1. The van der Waals surface area contributed by atoms with Crippen LogP contribution in [0, 0.1) is 17.0 Å². The summed E-state index contributed by atoms with van der Waals surface area (Å²) >= 11 is 0. The van der Waals surface area contributed by atoms with Crippen molar-refractivity contribution in [3.8, 4) is 0 Å². The van der Waals surface area contributed by atoms with Gasteiger partial charge in [-0.15, -0.1) is 0 Å². The van der Waals surface area contributed by atoms with E-state index < -0.39 is 34.2 Å². The first kappa shape index (κ1) is 13.6. The highest BCUT2D eigenvalue weighted by molar-refractivity contribution is 5.98. The number of aromatic amines is 1. The SMILES string of the molecule is Cc1[nH]nc(C(=O)N(C)C(C)C(=O)O)c1[N+](=O)[O-]. The summed E-state index contributed by atoms with van der Waals surface area (Å²) in [4.78, 5) is 33.6. The van der Waals surface area contributed by atoms with Crippen molar-refractivity contribution in [1.29, 1.82) is 0 Å². The molecule has 1 atom stereocenters. The molecule has 1 unspecified atom stereocenters. The molecule has 0 aromatic carbocycles. The fourth-order valence-corrected chi connectivity index (χ4v) is 1.30. The van der Waals surface area contributed by atoms with Crippen molar-refractivity contribution in [1.82, 2.24) is 15.1 Å². The van der Waals surface area contributed by atoms with Crippen LogP contribution in [0.4, 0.5) is 5.69 Å². The van der Waals surface area contributed by atoms with Crippen molar-refractivity contribution < 1.29 is 19.6 Å². The molecule has 0 aliphatic rings. The number of hydrogen-bond acceptors (Lipinski definition) is 5. The molecule has 9 heteroatoms. The molecule has 1 rings (SSSR count). The molecule has 1 heterocycles. The van der Waals surface area contributed by atoms with E-state index in [1.165, 1.54) is 20.9 Å². The first-order valence-corrected chi connectivity index (χ1v) is 4.96. The molecule has 0 radical (unpaired) electrons. The van der Waals surface area contributed by atoms with Crippen LogP contribution in [0.5, 0.6) is 0 Å². The molecule has 0 saturated heterocycles. The van der Waals surface area contributed by atoms with E-state index in [4.69, 9.17) is 5.11 Å². The second-order valence-electron chi connectivity index (χ2n) is 3.73. The molecule has 18 heavy (non-hydrogen) atoms. The van der Waals surface area contributed by atoms with Gasteiger partial charge < -0.3 is 10.0 Å². The lowest BCUT2D eigenvalue weighted by Crippen LogP contribution is -2.40. The number of carboxylic acids is 1. The Balaban J connectivity index is 3.12. The first-order valence-electron chi connectivity index (χ1n) is 4.96. The van der Waals surface area contributed by atoms with Crippen LogP contribution in [0.15, 0.2) is 0 Å². The van der Waals surface area contributed by atoms with E-state index in [1.807, 2.05) is 0 Å². The Morgan fingerprint density at radius 1 is 1.56 bits per heavy atom. The Bertz CT molecular complexity index is 509. The minimum absolute atomic E-state index is 0.139. The standard InChI is InChI=1S/C9H12N4O5/c1-4-7(13(17)18)6(11-10-4)8(14)12(3)5(2)9(15)16/h5H,1-3H3,(H,10,11)(H,15,16). The number of hydrogen-bond donors (Lipinski definition) is 2. The Kier molecular flexibility index (Phi) is 3.64. The largest absolute Gasteiger partial charge is 0.480 e. The Morgan fingerprint density at radius 2 is 2.11 bits per heavy atom. The van der Waals surface area contributed by atoms with Crippen LogP contribution in [-0.2, 0) is 4.79 Å². The Labute approximate surface area is 102 Å². The Morgan fingerprint density at radius 3 is 2.56 bits per heavy atom. The van der Waals surface area contributed by atoms with Gasteiger partial charge in [-0.25, -0.2) is 4.79 Å². The number of amides is 1. The minimum atomic E-state index is -1.21. The number of nitro groups is 1. The monoisotopic (exact) mass is 256 g/mol. The molecule has 2 N–H and O–H groups in total. The van der Waals surface area contributed by atoms with Gasteiger partial charge in [0.1, 0.15) is 11.7 Å². The van der Waals surface area contributed by atoms with Gasteiger partial charge in [-0.2, -0.15) is 5.10 Å². The lowest BCUT2D eigenvalue weighted by atomic mass is 10.2. The van der Waals surface area contributed by atoms with E-state index in [1.54, 1.807) is 0 Å². The summed E-state index contributed by atoms with van der Waals surface area (Å²) in [6.45, 7) is 2.70. The van der Waals surface area contributed by atoms with Gasteiger partial charge in [0.25, 0.3) is 5.91 Å². The summed E-state index contributed by atoms with van der Waals surface area (Å²) in [6.07, 6.45) is 0. The van der Waals surface area contributed by atoms with Crippen LogP contribution in [-0.4, -0.2) is 50.1 Å². The number of carbonyl (C=O) groups is 2. The molecule has 9 nitrogen and oxygen atoms in total. The molecule has 1 amide bonds. The number of carbonyl (C=O) groups excluding carboxylic acids is 1. The maximum atomic E-state index is 11.9. The molecule has 1 aromatic heterocycles. The van der Waals surface area contributed by atoms with E-state index in [0.29, 0.717) is 0 Å². The summed E-state index contributed by atoms with van der Waals surface area (Å²) in [5.41, 5.74) is -0.697. The van der Waals surface area contributed by atoms with Crippen LogP contribution in [0.3, 0.4) is 0 Å². The summed E-state index contributed by atoms with van der Waals surface area (Å²) in [6, 6.07) is -1.10. The first-order chi connectivity index (χ1) is 8.27. The summed E-state index contributed by atoms with van der Waals surface area (Å²) < 4.78 is 0. The third-order valence-electron chi connectivity index (χ3n) is 2.56. The number of rotatable bonds is 4. The highest BCUT2D eigenvalue weighted by Crippen LogP contribution is 2.21. The maximum Gasteiger partial charge on any atom is 0.326 e. The molecule has 0 saturated carbocycles. The van der Waals surface area contributed by atoms with Crippen LogP contribution in [0.25, 0.3) is 0 Å². The van der Waals surface area contributed by atoms with E-state index >= 15 is 0 Å². The molecular weight excluding hydrogens is 244 g/mol. The zero-order valence-corrected chi connectivity index (χ0v) is 10.00. The van der Waals surface area contributed by atoms with Crippen molar-refractivity contribution in [3.63, 3.8) is 0 Å². The van der Waals surface area contributed by atoms with Gasteiger partial charge >= 0.3 is 11.7 Å². The molecule has 1 aromatic rings. The molecule has 0 aliphatic heterocycles. The van der Waals surface area contributed by atoms with Crippen molar-refractivity contribution in [3.05, 3.63) is 21.5 Å². The van der Waals surface area contributed by atoms with Gasteiger partial charge in [-0.05, 0) is 13.8 Å². The van der Waals surface area contributed by atoms with Crippen molar-refractivity contribution in [2.75, 3.05) is 7.05 Å². The van der Waals surface area contributed by atoms with Gasteiger partial charge in [0, 0.05) is 7.05 Å². The lowest BCUT2D eigenvalue weighted by Gasteiger charge is -2.19. The van der Waals surface area contributed by atoms with Crippen LogP contribution in [0.2, 0.25) is 0 Å². The summed E-state index contributed by atoms with van der Waals surface area (Å²) in [5, 5.41) is 25.5. The number of nitrogens with one attached hydrogen (secondary N) is 1. The third-order valence-corrected chi connectivity index (χ3v) is 2.56. The smallest absolute Gasteiger partial charge is 0.326 e. The Hall–Kier alpha value is -2.45. The second kappa shape index (κ2) is 4.82. The van der Waals surface area contributed by atoms with Crippen LogP contribution < -0.4 is 0 Å². The fourth-order valence-electron chi connectivity index (χ4n) is 1.30. The molecule has 0 spiro atoms. The zero-order valence-electron chi connectivity index (χ0n) is 10.00. The molecule has 0 bridgehead atoms. The normalized spacial score (nSPS) is 11.9. The van der Waals surface area contributed by atoms with E-state index in [0.717, 1.165) is 4.90 Å². The van der Waals surface area contributed by atoms with Gasteiger partial charge in [0.2, 0.25) is 5.69 Å². The zero-order chi connectivity index (χ0) is 14.0. The second-order valence-corrected chi connectivity index (χ2v) is 3.73. The predicted octanol–water partition coefficient (Wildman–Crippen LogP) is 0.171. The minimum Gasteiger partial charge on any atom is -0.480 e. The molecule has 0 aliphatic carbocycles. The van der Waals surface area contributed by atoms with Gasteiger partial charge in [0.15, 0.2) is 0 Å². The lowest BCUT2D eigenvalue weighted by molar-refractivity contribution is -0.385. The van der Waals surface area contributed by atoms with Gasteiger partial charge in [-0.3, -0.25) is 20.0 Å². The van der Waals surface area contributed by atoms with Crippen molar-refractivity contribution in [2.24, 2.45) is 0 Å². The summed E-state index contributed by atoms with van der Waals surface area (Å²) in [5.74, 6) is -2.03. The topological polar surface area (TPSA) is 129 Å². The number of aryl methyl sites for hydroxylation is 1. The quantitative estimate of drug-likeness (QED) is 0.583. The highest BCUT2D eigenvalue weighted by atomic mass is 16.6. The van der Waals surface area contributed by atoms with Crippen LogP contribution in [0.1, 0.15) is 23.1 Å². The molecule has 0 fully saturated rings. The van der Waals surface area contributed by atoms with E-state index in [-0.39, 0.29) is 5.69 Å². The average Bonchev–Trinajstić information content (AvgIpc) is 2.68. The number of H-pyrrole nitrogens is 1. The van der Waals surface area contributed by atoms with Crippen molar-refractivity contribution >= 4 is 17.6 Å². The van der Waals surface area contributed by atoms with E-state index in [9.17, 15) is 19.7 Å². The average molecular weight is 256 g/mol. The van der Waals surface area contributed by atoms with Gasteiger partial charge in [-0.1, -0.05) is 0 Å². The van der Waals surface area contributed by atoms with E-state index in [2.05, 4.69) is 10.2 Å². The number of carboxylic acid groups (broad SMARTS) is 1. The molecule has 98 valence electrons. The highest BCUT2D eigenvalue weighted by Gasteiger charge is 2.32.